The summed E-state index contributed by atoms with van der Waals surface area (Å²) in [7, 11) is 0. The summed E-state index contributed by atoms with van der Waals surface area (Å²) >= 11 is 3.59. The zero-order chi connectivity index (χ0) is 15.8. The minimum Gasteiger partial charge on any atom is -0.398 e. The molecule has 2 aromatic carbocycles. The van der Waals surface area contributed by atoms with Crippen molar-refractivity contribution >= 4 is 21.6 Å². The summed E-state index contributed by atoms with van der Waals surface area (Å²) in [6.07, 6.45) is 5.93. The Bertz CT molecular complexity index is 713. The van der Waals surface area contributed by atoms with Crippen molar-refractivity contribution in [1.29, 1.82) is 0 Å². The van der Waals surface area contributed by atoms with Crippen LogP contribution in [0, 0.1) is 5.92 Å². The van der Waals surface area contributed by atoms with Gasteiger partial charge in [-0.1, -0.05) is 40.2 Å². The highest BCUT2D eigenvalue weighted by Gasteiger charge is 2.33. The summed E-state index contributed by atoms with van der Waals surface area (Å²) in [5, 5.41) is 3.92. The van der Waals surface area contributed by atoms with E-state index in [0.29, 0.717) is 18.0 Å². The van der Waals surface area contributed by atoms with E-state index in [9.17, 15) is 0 Å². The first-order chi connectivity index (χ1) is 11.2. The molecule has 0 spiro atoms. The van der Waals surface area contributed by atoms with E-state index >= 15 is 0 Å². The second kappa shape index (κ2) is 6.29. The smallest absolute Gasteiger partial charge is 0.0349 e. The molecule has 1 aliphatic carbocycles. The summed E-state index contributed by atoms with van der Waals surface area (Å²) in [5.41, 5.74) is 11.5. The van der Waals surface area contributed by atoms with Gasteiger partial charge in [0.05, 0.1) is 0 Å². The van der Waals surface area contributed by atoms with Gasteiger partial charge < -0.3 is 11.1 Å². The van der Waals surface area contributed by atoms with Crippen molar-refractivity contribution in [2.45, 2.75) is 44.2 Å². The lowest BCUT2D eigenvalue weighted by Gasteiger charge is -2.41. The van der Waals surface area contributed by atoms with Crippen molar-refractivity contribution in [2.75, 3.05) is 5.73 Å². The summed E-state index contributed by atoms with van der Waals surface area (Å²) < 4.78 is 1.17. The van der Waals surface area contributed by atoms with Crippen LogP contribution in [0.25, 0.3) is 0 Å². The summed E-state index contributed by atoms with van der Waals surface area (Å²) in [4.78, 5) is 0. The SMILES string of the molecule is Nc1cccc2c1C[C@H]1CC[C@@H](C2)[C@H](Cc2cccc(Br)c2)N1. The van der Waals surface area contributed by atoms with Crippen molar-refractivity contribution in [3.8, 4) is 0 Å². The first-order valence-electron chi connectivity index (χ1n) is 8.56. The minimum atomic E-state index is 0.562. The molecule has 0 saturated carbocycles. The standard InChI is InChI=1S/C20H23BrN2/c21-16-5-1-3-13(9-16)10-20-15-7-8-17(23-20)12-18-14(11-15)4-2-6-19(18)22/h1-6,9,15,17,20,23H,7-8,10-12,22H2/t15-,17+,20-/m0/s1. The topological polar surface area (TPSA) is 38.0 Å². The number of anilines is 1. The Hall–Kier alpha value is -1.32. The van der Waals surface area contributed by atoms with Crippen LogP contribution in [-0.2, 0) is 19.3 Å². The lowest BCUT2D eigenvalue weighted by Crippen LogP contribution is -2.51. The number of halogens is 1. The number of piperidine rings is 1. The molecule has 2 heterocycles. The fourth-order valence-electron chi connectivity index (χ4n) is 4.31. The van der Waals surface area contributed by atoms with Crippen LogP contribution < -0.4 is 11.1 Å². The van der Waals surface area contributed by atoms with Crippen molar-refractivity contribution in [1.82, 2.24) is 5.32 Å². The van der Waals surface area contributed by atoms with Crippen LogP contribution in [0.15, 0.2) is 46.9 Å². The molecule has 0 radical (unpaired) electrons. The van der Waals surface area contributed by atoms with E-state index in [1.54, 1.807) is 0 Å². The van der Waals surface area contributed by atoms with Gasteiger partial charge in [0.1, 0.15) is 0 Å². The Morgan fingerprint density at radius 1 is 1.09 bits per heavy atom. The van der Waals surface area contributed by atoms with Crippen LogP contribution in [0.3, 0.4) is 0 Å². The number of nitrogen functional groups attached to an aromatic ring is 1. The van der Waals surface area contributed by atoms with E-state index in [2.05, 4.69) is 57.6 Å². The van der Waals surface area contributed by atoms with Gasteiger partial charge in [-0.2, -0.15) is 0 Å². The van der Waals surface area contributed by atoms with Gasteiger partial charge in [-0.25, -0.2) is 0 Å². The molecule has 1 fully saturated rings. The van der Waals surface area contributed by atoms with Gasteiger partial charge in [-0.3, -0.25) is 0 Å². The van der Waals surface area contributed by atoms with Gasteiger partial charge >= 0.3 is 0 Å². The molecule has 0 amide bonds. The van der Waals surface area contributed by atoms with Crippen LogP contribution in [-0.4, -0.2) is 12.1 Å². The predicted molar refractivity (Wildman–Crippen MR) is 99.5 cm³/mol. The van der Waals surface area contributed by atoms with Gasteiger partial charge in [0.25, 0.3) is 0 Å². The number of hydrogen-bond acceptors (Lipinski definition) is 2. The molecule has 3 aliphatic rings. The number of nitrogens with one attached hydrogen (secondary N) is 1. The van der Waals surface area contributed by atoms with Crippen LogP contribution in [0.4, 0.5) is 5.69 Å². The normalized spacial score (nSPS) is 26.4. The first-order valence-corrected chi connectivity index (χ1v) is 9.35. The van der Waals surface area contributed by atoms with Crippen LogP contribution in [0.5, 0.6) is 0 Å². The van der Waals surface area contributed by atoms with Crippen LogP contribution >= 0.6 is 15.9 Å². The van der Waals surface area contributed by atoms with Crippen molar-refractivity contribution in [3.63, 3.8) is 0 Å². The number of nitrogens with two attached hydrogens (primary N) is 1. The summed E-state index contributed by atoms with van der Waals surface area (Å²) in [6, 6.07) is 16.3. The average Bonchev–Trinajstić information content (AvgIpc) is 2.50. The third kappa shape index (κ3) is 3.17. The summed E-state index contributed by atoms with van der Waals surface area (Å²) in [6.45, 7) is 0. The molecule has 0 aromatic heterocycles. The minimum absolute atomic E-state index is 0.562. The van der Waals surface area contributed by atoms with E-state index in [4.69, 9.17) is 5.73 Å². The fourth-order valence-corrected chi connectivity index (χ4v) is 4.76. The number of benzene rings is 2. The Morgan fingerprint density at radius 2 is 1.96 bits per heavy atom. The van der Waals surface area contributed by atoms with E-state index in [1.165, 1.54) is 34.0 Å². The molecule has 2 bridgehead atoms. The quantitative estimate of drug-likeness (QED) is 0.780. The maximum absolute atomic E-state index is 6.24. The molecule has 3 N–H and O–H groups in total. The lowest BCUT2D eigenvalue weighted by molar-refractivity contribution is 0.217. The molecule has 2 aliphatic heterocycles. The number of fused-ring (bicyclic) bond motifs is 2. The number of rotatable bonds is 2. The molecular formula is C20H23BrN2. The molecule has 2 nitrogen and oxygen atoms in total. The molecule has 2 aromatic rings. The summed E-state index contributed by atoms with van der Waals surface area (Å²) in [5.74, 6) is 0.700. The molecular weight excluding hydrogens is 348 g/mol. The lowest BCUT2D eigenvalue weighted by atomic mass is 9.75. The van der Waals surface area contributed by atoms with Gasteiger partial charge in [0.2, 0.25) is 0 Å². The largest absolute Gasteiger partial charge is 0.398 e. The van der Waals surface area contributed by atoms with Gasteiger partial charge in [0.15, 0.2) is 0 Å². The van der Waals surface area contributed by atoms with E-state index in [1.807, 2.05) is 6.07 Å². The molecule has 120 valence electrons. The van der Waals surface area contributed by atoms with E-state index in [-0.39, 0.29) is 0 Å². The molecule has 3 atom stereocenters. The monoisotopic (exact) mass is 370 g/mol. The Labute approximate surface area is 146 Å². The highest BCUT2D eigenvalue weighted by atomic mass is 79.9. The average molecular weight is 371 g/mol. The highest BCUT2D eigenvalue weighted by molar-refractivity contribution is 9.10. The molecule has 0 unspecified atom stereocenters. The second-order valence-corrected chi connectivity index (χ2v) is 7.95. The third-order valence-corrected chi connectivity index (χ3v) is 5.98. The van der Waals surface area contributed by atoms with Crippen molar-refractivity contribution in [2.24, 2.45) is 5.92 Å². The first kappa shape index (κ1) is 15.2. The second-order valence-electron chi connectivity index (χ2n) is 7.03. The van der Waals surface area contributed by atoms with Crippen molar-refractivity contribution < 1.29 is 0 Å². The van der Waals surface area contributed by atoms with Crippen LogP contribution in [0.1, 0.15) is 29.5 Å². The zero-order valence-corrected chi connectivity index (χ0v) is 14.9. The third-order valence-electron chi connectivity index (χ3n) is 5.49. The van der Waals surface area contributed by atoms with Crippen molar-refractivity contribution in [3.05, 3.63) is 63.6 Å². The Kier molecular flexibility index (Phi) is 4.16. The van der Waals surface area contributed by atoms with Gasteiger partial charge in [-0.15, -0.1) is 0 Å². The fraction of sp³-hybridized carbons (Fsp3) is 0.400. The zero-order valence-electron chi connectivity index (χ0n) is 13.3. The molecule has 23 heavy (non-hydrogen) atoms. The highest BCUT2D eigenvalue weighted by Crippen LogP contribution is 2.34. The number of hydrogen-bond donors (Lipinski definition) is 2. The molecule has 5 rings (SSSR count). The van der Waals surface area contributed by atoms with E-state index < -0.39 is 0 Å². The van der Waals surface area contributed by atoms with Crippen LogP contribution in [0.2, 0.25) is 0 Å². The Morgan fingerprint density at radius 3 is 2.83 bits per heavy atom. The maximum Gasteiger partial charge on any atom is 0.0349 e. The molecule has 3 heteroatoms. The Balaban J connectivity index is 1.60. The maximum atomic E-state index is 6.24. The van der Waals surface area contributed by atoms with Gasteiger partial charge in [0, 0.05) is 22.2 Å². The predicted octanol–water partition coefficient (Wildman–Crippen LogP) is 4.11. The molecule has 1 saturated heterocycles. The van der Waals surface area contributed by atoms with E-state index in [0.717, 1.165) is 24.9 Å². The van der Waals surface area contributed by atoms with Gasteiger partial charge in [-0.05, 0) is 72.9 Å².